The summed E-state index contributed by atoms with van der Waals surface area (Å²) in [6.45, 7) is 5.01. The van der Waals surface area contributed by atoms with Gasteiger partial charge in [0.05, 0.1) is 17.0 Å². The normalized spacial score (nSPS) is 18.4. The highest BCUT2D eigenvalue weighted by molar-refractivity contribution is 5.93. The number of amides is 2. The number of para-hydroxylation sites is 2. The van der Waals surface area contributed by atoms with Crippen LogP contribution in [-0.4, -0.2) is 39.8 Å². The molecule has 0 radical (unpaired) electrons. The van der Waals surface area contributed by atoms with E-state index < -0.39 is 0 Å². The smallest absolute Gasteiger partial charge is 0.231 e. The molecule has 6 heteroatoms. The lowest BCUT2D eigenvalue weighted by Crippen LogP contribution is -2.45. The first-order chi connectivity index (χ1) is 11.0. The Morgan fingerprint density at radius 2 is 2.13 bits per heavy atom. The van der Waals surface area contributed by atoms with Gasteiger partial charge in [-0.2, -0.15) is 0 Å². The lowest BCUT2D eigenvalue weighted by molar-refractivity contribution is -0.137. The van der Waals surface area contributed by atoms with Gasteiger partial charge in [-0.3, -0.25) is 14.9 Å². The molecule has 0 aliphatic carbocycles. The number of fused-ring (bicyclic) bond motifs is 1. The minimum atomic E-state index is -0.181. The van der Waals surface area contributed by atoms with Crippen molar-refractivity contribution >= 4 is 28.8 Å². The second-order valence-electron chi connectivity index (χ2n) is 6.37. The number of nitrogens with one attached hydrogen (secondary N) is 2. The number of anilines is 1. The van der Waals surface area contributed by atoms with Crippen molar-refractivity contribution in [3.8, 4) is 0 Å². The number of aromatic nitrogens is 2. The summed E-state index contributed by atoms with van der Waals surface area (Å²) in [5, 5.41) is 2.85. The lowest BCUT2D eigenvalue weighted by atomic mass is 9.96. The van der Waals surface area contributed by atoms with Crippen LogP contribution in [0.5, 0.6) is 0 Å². The van der Waals surface area contributed by atoms with Crippen molar-refractivity contribution in [2.45, 2.75) is 26.7 Å². The standard InChI is InChI=1S/C17H22N4O2/c1-11(2)16(23)21-9-5-6-12(10-21)15(22)20-17-18-13-7-3-4-8-14(13)19-17/h3-4,7-8,11-12H,5-6,9-10H2,1-2H3,(H2,18,19,20,22). The average molecular weight is 314 g/mol. The number of H-pyrrole nitrogens is 1. The van der Waals surface area contributed by atoms with E-state index in [2.05, 4.69) is 15.3 Å². The number of carbonyl (C=O) groups excluding carboxylic acids is 2. The van der Waals surface area contributed by atoms with E-state index >= 15 is 0 Å². The molecule has 1 aromatic heterocycles. The maximum absolute atomic E-state index is 12.5. The molecule has 1 saturated heterocycles. The van der Waals surface area contributed by atoms with E-state index in [0.717, 1.165) is 30.4 Å². The van der Waals surface area contributed by atoms with E-state index in [1.807, 2.05) is 38.1 Å². The van der Waals surface area contributed by atoms with Crippen molar-refractivity contribution in [1.82, 2.24) is 14.9 Å². The van der Waals surface area contributed by atoms with Crippen LogP contribution < -0.4 is 5.32 Å². The molecule has 3 rings (SSSR count). The third kappa shape index (κ3) is 3.36. The molecule has 1 fully saturated rings. The van der Waals surface area contributed by atoms with Crippen LogP contribution in [0.2, 0.25) is 0 Å². The minimum absolute atomic E-state index is 0.0350. The number of nitrogens with zero attached hydrogens (tertiary/aromatic N) is 2. The summed E-state index contributed by atoms with van der Waals surface area (Å²) >= 11 is 0. The molecule has 0 saturated carbocycles. The fraction of sp³-hybridized carbons (Fsp3) is 0.471. The average Bonchev–Trinajstić information content (AvgIpc) is 2.96. The van der Waals surface area contributed by atoms with Crippen LogP contribution in [0.3, 0.4) is 0 Å². The SMILES string of the molecule is CC(C)C(=O)N1CCCC(C(=O)Nc2nc3ccccc3[nH]2)C1. The van der Waals surface area contributed by atoms with E-state index in [4.69, 9.17) is 0 Å². The van der Waals surface area contributed by atoms with Gasteiger partial charge in [0, 0.05) is 19.0 Å². The number of benzene rings is 1. The van der Waals surface area contributed by atoms with Gasteiger partial charge in [0.25, 0.3) is 0 Å². The van der Waals surface area contributed by atoms with Crippen molar-refractivity contribution in [3.05, 3.63) is 24.3 Å². The molecule has 2 N–H and O–H groups in total. The van der Waals surface area contributed by atoms with E-state index in [0.29, 0.717) is 12.5 Å². The van der Waals surface area contributed by atoms with Crippen molar-refractivity contribution in [3.63, 3.8) is 0 Å². The Bertz CT molecular complexity index is 689. The molecule has 2 aromatic rings. The Morgan fingerprint density at radius 3 is 2.87 bits per heavy atom. The van der Waals surface area contributed by atoms with Crippen LogP contribution in [0, 0.1) is 11.8 Å². The van der Waals surface area contributed by atoms with Crippen LogP contribution in [0.1, 0.15) is 26.7 Å². The van der Waals surface area contributed by atoms with Crippen molar-refractivity contribution in [1.29, 1.82) is 0 Å². The Balaban J connectivity index is 1.66. The van der Waals surface area contributed by atoms with Gasteiger partial charge in [0.1, 0.15) is 0 Å². The van der Waals surface area contributed by atoms with Gasteiger partial charge >= 0.3 is 0 Å². The molecule has 1 aliphatic rings. The second-order valence-corrected chi connectivity index (χ2v) is 6.37. The summed E-state index contributed by atoms with van der Waals surface area (Å²) in [4.78, 5) is 33.8. The Kier molecular flexibility index (Phi) is 4.32. The molecule has 1 aliphatic heterocycles. The fourth-order valence-corrected chi connectivity index (χ4v) is 2.99. The number of hydrogen-bond acceptors (Lipinski definition) is 3. The Labute approximate surface area is 135 Å². The first-order valence-corrected chi connectivity index (χ1v) is 8.09. The summed E-state index contributed by atoms with van der Waals surface area (Å²) < 4.78 is 0. The third-order valence-electron chi connectivity index (χ3n) is 4.23. The Morgan fingerprint density at radius 1 is 1.35 bits per heavy atom. The maximum atomic E-state index is 12.5. The molecule has 2 heterocycles. The number of likely N-dealkylation sites (tertiary alicyclic amines) is 1. The summed E-state index contributed by atoms with van der Waals surface area (Å²) in [6, 6.07) is 7.64. The summed E-state index contributed by atoms with van der Waals surface area (Å²) in [5.74, 6) is 0.284. The molecule has 0 bridgehead atoms. The zero-order valence-corrected chi connectivity index (χ0v) is 13.5. The molecule has 6 nitrogen and oxygen atoms in total. The van der Waals surface area contributed by atoms with Crippen LogP contribution in [0.15, 0.2) is 24.3 Å². The number of aromatic amines is 1. The van der Waals surface area contributed by atoms with Gasteiger partial charge in [0.15, 0.2) is 0 Å². The largest absolute Gasteiger partial charge is 0.342 e. The summed E-state index contributed by atoms with van der Waals surface area (Å²) in [7, 11) is 0. The van der Waals surface area contributed by atoms with Gasteiger partial charge in [-0.05, 0) is 25.0 Å². The van der Waals surface area contributed by atoms with Gasteiger partial charge in [-0.15, -0.1) is 0 Å². The van der Waals surface area contributed by atoms with Crippen LogP contribution in [0.25, 0.3) is 11.0 Å². The van der Waals surface area contributed by atoms with Gasteiger partial charge < -0.3 is 9.88 Å². The van der Waals surface area contributed by atoms with Crippen LogP contribution in [-0.2, 0) is 9.59 Å². The molecule has 2 amide bonds. The molecule has 1 atom stereocenters. The highest BCUT2D eigenvalue weighted by atomic mass is 16.2. The topological polar surface area (TPSA) is 78.1 Å². The number of hydrogen-bond donors (Lipinski definition) is 2. The number of carbonyl (C=O) groups is 2. The first-order valence-electron chi connectivity index (χ1n) is 8.09. The Hall–Kier alpha value is -2.37. The van der Waals surface area contributed by atoms with Crippen molar-refractivity contribution in [2.24, 2.45) is 11.8 Å². The quantitative estimate of drug-likeness (QED) is 0.913. The zero-order valence-electron chi connectivity index (χ0n) is 13.5. The molecule has 23 heavy (non-hydrogen) atoms. The molecule has 0 spiro atoms. The predicted molar refractivity (Wildman–Crippen MR) is 88.9 cm³/mol. The van der Waals surface area contributed by atoms with Crippen LogP contribution >= 0.6 is 0 Å². The molecule has 1 aromatic carbocycles. The third-order valence-corrected chi connectivity index (χ3v) is 4.23. The number of rotatable bonds is 3. The maximum Gasteiger partial charge on any atom is 0.231 e. The second kappa shape index (κ2) is 6.40. The monoisotopic (exact) mass is 314 g/mol. The zero-order chi connectivity index (χ0) is 16.4. The molecule has 1 unspecified atom stereocenters. The van der Waals surface area contributed by atoms with E-state index in [1.54, 1.807) is 4.90 Å². The van der Waals surface area contributed by atoms with E-state index in [1.165, 1.54) is 0 Å². The lowest BCUT2D eigenvalue weighted by Gasteiger charge is -2.33. The van der Waals surface area contributed by atoms with Crippen LogP contribution in [0.4, 0.5) is 5.95 Å². The summed E-state index contributed by atoms with van der Waals surface area (Å²) in [5.41, 5.74) is 1.71. The van der Waals surface area contributed by atoms with E-state index in [9.17, 15) is 9.59 Å². The number of piperidine rings is 1. The molecular formula is C17H22N4O2. The van der Waals surface area contributed by atoms with Gasteiger partial charge in [-0.1, -0.05) is 26.0 Å². The van der Waals surface area contributed by atoms with Gasteiger partial charge in [-0.25, -0.2) is 4.98 Å². The number of imidazole rings is 1. The minimum Gasteiger partial charge on any atom is -0.342 e. The predicted octanol–water partition coefficient (Wildman–Crippen LogP) is 2.40. The molecule has 122 valence electrons. The highest BCUT2D eigenvalue weighted by Crippen LogP contribution is 2.20. The molecular weight excluding hydrogens is 292 g/mol. The fourth-order valence-electron chi connectivity index (χ4n) is 2.99. The summed E-state index contributed by atoms with van der Waals surface area (Å²) in [6.07, 6.45) is 1.66. The highest BCUT2D eigenvalue weighted by Gasteiger charge is 2.29. The first kappa shape index (κ1) is 15.5. The van der Waals surface area contributed by atoms with E-state index in [-0.39, 0.29) is 23.7 Å². The van der Waals surface area contributed by atoms with Gasteiger partial charge in [0.2, 0.25) is 17.8 Å². The van der Waals surface area contributed by atoms with Crippen molar-refractivity contribution in [2.75, 3.05) is 18.4 Å². The van der Waals surface area contributed by atoms with Crippen molar-refractivity contribution < 1.29 is 9.59 Å².